The van der Waals surface area contributed by atoms with Crippen molar-refractivity contribution < 1.29 is 33.3 Å². The molecule has 2 fully saturated rings. The molecule has 1 aliphatic heterocycles. The molecule has 1 saturated carbocycles. The zero-order chi connectivity index (χ0) is 33.8. The van der Waals surface area contributed by atoms with Crippen molar-refractivity contribution in [2.24, 2.45) is 17.6 Å². The van der Waals surface area contributed by atoms with E-state index in [1.165, 1.54) is 23.3 Å². The van der Waals surface area contributed by atoms with Gasteiger partial charge in [0.1, 0.15) is 40.5 Å². The Hall–Kier alpha value is -4.03. The number of aromatic nitrogens is 2. The Kier molecular flexibility index (Phi) is 10.8. The van der Waals surface area contributed by atoms with Crippen molar-refractivity contribution in [3.05, 3.63) is 47.0 Å². The number of rotatable bonds is 14. The van der Waals surface area contributed by atoms with Crippen LogP contribution in [0.25, 0.3) is 21.6 Å². The van der Waals surface area contributed by atoms with Crippen LogP contribution in [0.5, 0.6) is 11.5 Å². The highest BCUT2D eigenvalue weighted by Crippen LogP contribution is 2.41. The predicted molar refractivity (Wildman–Crippen MR) is 179 cm³/mol. The SMILES string of the molecule is COC(=O)C1CC1C=CCCCOC(C)C(=O)N1CC(Oc2cc(-c3nc(C(C)C)cs3)nc3c(C)c(OC)ccc23)CC1C(N)=O. The average Bonchev–Trinajstić information content (AvgIpc) is 3.42. The van der Waals surface area contributed by atoms with Gasteiger partial charge in [-0.05, 0) is 57.1 Å². The van der Waals surface area contributed by atoms with E-state index in [9.17, 15) is 14.4 Å². The van der Waals surface area contributed by atoms with Gasteiger partial charge in [-0.3, -0.25) is 14.4 Å². The predicted octanol–water partition coefficient (Wildman–Crippen LogP) is 5.18. The number of ether oxygens (including phenoxy) is 4. The molecule has 12 heteroatoms. The quantitative estimate of drug-likeness (QED) is 0.140. The number of methoxy groups -OCH3 is 2. The molecule has 2 N–H and O–H groups in total. The molecule has 5 atom stereocenters. The summed E-state index contributed by atoms with van der Waals surface area (Å²) in [5, 5.41) is 3.61. The van der Waals surface area contributed by atoms with Gasteiger partial charge in [0.15, 0.2) is 0 Å². The summed E-state index contributed by atoms with van der Waals surface area (Å²) in [4.78, 5) is 48.8. The first-order valence-corrected chi connectivity index (χ1v) is 17.0. The summed E-state index contributed by atoms with van der Waals surface area (Å²) >= 11 is 1.53. The number of allylic oxidation sites excluding steroid dienone is 2. The molecule has 5 rings (SSSR count). The second-order valence-corrected chi connectivity index (χ2v) is 13.4. The third-order valence-electron chi connectivity index (χ3n) is 8.82. The van der Waals surface area contributed by atoms with Crippen LogP contribution in [0.1, 0.15) is 63.6 Å². The van der Waals surface area contributed by atoms with E-state index in [-0.39, 0.29) is 42.6 Å². The van der Waals surface area contributed by atoms with Gasteiger partial charge in [0, 0.05) is 35.4 Å². The average molecular weight is 665 g/mol. The highest BCUT2D eigenvalue weighted by Gasteiger charge is 2.42. The molecule has 3 aromatic rings. The van der Waals surface area contributed by atoms with Crippen molar-refractivity contribution in [3.8, 4) is 22.2 Å². The van der Waals surface area contributed by atoms with Crippen LogP contribution in [0.3, 0.4) is 0 Å². The smallest absolute Gasteiger partial charge is 0.309 e. The zero-order valence-electron chi connectivity index (χ0n) is 27.9. The lowest BCUT2D eigenvalue weighted by Crippen LogP contribution is -2.47. The fraction of sp³-hybridized carbons (Fsp3) is 0.514. The van der Waals surface area contributed by atoms with Gasteiger partial charge in [-0.2, -0.15) is 0 Å². The number of esters is 1. The molecule has 1 saturated heterocycles. The molecule has 11 nitrogen and oxygen atoms in total. The maximum Gasteiger partial charge on any atom is 0.309 e. The second-order valence-electron chi connectivity index (χ2n) is 12.5. The molecule has 1 aliphatic carbocycles. The molecule has 1 aromatic carbocycles. The van der Waals surface area contributed by atoms with Crippen molar-refractivity contribution in [2.75, 3.05) is 27.4 Å². The van der Waals surface area contributed by atoms with Gasteiger partial charge < -0.3 is 29.6 Å². The van der Waals surface area contributed by atoms with Gasteiger partial charge in [-0.15, -0.1) is 11.3 Å². The van der Waals surface area contributed by atoms with E-state index in [2.05, 4.69) is 13.8 Å². The van der Waals surface area contributed by atoms with Crippen LogP contribution in [0, 0.1) is 18.8 Å². The monoisotopic (exact) mass is 664 g/mol. The minimum Gasteiger partial charge on any atom is -0.496 e. The number of fused-ring (bicyclic) bond motifs is 1. The largest absolute Gasteiger partial charge is 0.496 e. The number of unbranched alkanes of at least 4 members (excludes halogenated alkanes) is 1. The molecule has 2 aliphatic rings. The summed E-state index contributed by atoms with van der Waals surface area (Å²) in [5.74, 6) is 0.736. The summed E-state index contributed by atoms with van der Waals surface area (Å²) < 4.78 is 22.8. The van der Waals surface area contributed by atoms with Crippen LogP contribution >= 0.6 is 11.3 Å². The lowest BCUT2D eigenvalue weighted by molar-refractivity contribution is -0.146. The fourth-order valence-electron chi connectivity index (χ4n) is 5.94. The molecule has 3 heterocycles. The number of amides is 2. The van der Waals surface area contributed by atoms with Crippen LogP contribution in [0.15, 0.2) is 35.7 Å². The molecule has 47 heavy (non-hydrogen) atoms. The molecule has 5 unspecified atom stereocenters. The maximum absolute atomic E-state index is 13.5. The number of pyridine rings is 1. The Labute approximate surface area is 279 Å². The van der Waals surface area contributed by atoms with Gasteiger partial charge in [0.05, 0.1) is 37.9 Å². The van der Waals surface area contributed by atoms with Crippen LogP contribution < -0.4 is 15.2 Å². The van der Waals surface area contributed by atoms with Crippen molar-refractivity contribution in [1.29, 1.82) is 0 Å². The molecular weight excluding hydrogens is 620 g/mol. The molecular formula is C35H44N4O7S. The first kappa shape index (κ1) is 34.3. The Morgan fingerprint density at radius 2 is 1.91 bits per heavy atom. The molecule has 0 bridgehead atoms. The van der Waals surface area contributed by atoms with Crippen molar-refractivity contribution in [3.63, 3.8) is 0 Å². The minimum atomic E-state index is -0.815. The zero-order valence-corrected chi connectivity index (χ0v) is 28.7. The van der Waals surface area contributed by atoms with Crippen molar-refractivity contribution in [2.45, 2.75) is 77.5 Å². The van der Waals surface area contributed by atoms with E-state index in [0.29, 0.717) is 30.2 Å². The number of thiazole rings is 1. The van der Waals surface area contributed by atoms with Gasteiger partial charge in [-0.1, -0.05) is 26.0 Å². The number of carbonyl (C=O) groups is 3. The number of nitrogens with two attached hydrogens (primary N) is 1. The van der Waals surface area contributed by atoms with Crippen LogP contribution in [0.4, 0.5) is 0 Å². The first-order valence-electron chi connectivity index (χ1n) is 16.1. The van der Waals surface area contributed by atoms with Gasteiger partial charge in [0.25, 0.3) is 5.91 Å². The van der Waals surface area contributed by atoms with Crippen LogP contribution in [-0.2, 0) is 23.9 Å². The third kappa shape index (κ3) is 7.76. The number of hydrogen-bond donors (Lipinski definition) is 1. The number of nitrogens with zero attached hydrogens (tertiary/aromatic N) is 3. The topological polar surface area (TPSA) is 143 Å². The van der Waals surface area contributed by atoms with E-state index in [1.54, 1.807) is 14.0 Å². The highest BCUT2D eigenvalue weighted by molar-refractivity contribution is 7.13. The van der Waals surface area contributed by atoms with Crippen molar-refractivity contribution in [1.82, 2.24) is 14.9 Å². The molecule has 0 spiro atoms. The summed E-state index contributed by atoms with van der Waals surface area (Å²) in [6.45, 7) is 8.40. The molecule has 2 amide bonds. The number of likely N-dealkylation sites (tertiary alicyclic amines) is 1. The number of benzene rings is 1. The van der Waals surface area contributed by atoms with E-state index in [4.69, 9.17) is 34.6 Å². The van der Waals surface area contributed by atoms with Gasteiger partial charge >= 0.3 is 5.97 Å². The van der Waals surface area contributed by atoms with E-state index in [0.717, 1.165) is 40.0 Å². The van der Waals surface area contributed by atoms with E-state index in [1.807, 2.05) is 42.7 Å². The molecule has 0 radical (unpaired) electrons. The summed E-state index contributed by atoms with van der Waals surface area (Å²) in [6, 6.07) is 4.85. The number of carbonyl (C=O) groups excluding carboxylic acids is 3. The standard InChI is InChI=1S/C35H44N4O7S/c1-19(2)27-18-47-33(38-27)26-16-30(24-11-12-29(43-5)20(3)31(24)37-26)46-23-15-28(32(36)40)39(17-23)34(41)21(4)45-13-9-7-8-10-22-14-25(22)35(42)44-6/h8,10-12,16,18-19,21-23,25,28H,7,9,13-15,17H2,1-6H3,(H2,36,40). The Balaban J connectivity index is 1.26. The van der Waals surface area contributed by atoms with Gasteiger partial charge in [-0.25, -0.2) is 9.97 Å². The minimum absolute atomic E-state index is 0.0282. The maximum atomic E-state index is 13.5. The Morgan fingerprint density at radius 1 is 1.13 bits per heavy atom. The summed E-state index contributed by atoms with van der Waals surface area (Å²) in [7, 11) is 3.03. The number of hydrogen-bond acceptors (Lipinski definition) is 10. The van der Waals surface area contributed by atoms with Gasteiger partial charge in [0.2, 0.25) is 5.91 Å². The fourth-order valence-corrected chi connectivity index (χ4v) is 6.88. The summed E-state index contributed by atoms with van der Waals surface area (Å²) in [5.41, 5.74) is 9.04. The van der Waals surface area contributed by atoms with Crippen LogP contribution in [-0.4, -0.2) is 78.3 Å². The molecule has 2 aromatic heterocycles. The Bertz CT molecular complexity index is 1650. The number of aryl methyl sites for hydroxylation is 1. The summed E-state index contributed by atoms with van der Waals surface area (Å²) in [6.07, 6.45) is 5.42. The molecule has 252 valence electrons. The normalized spacial score (nSPS) is 21.4. The highest BCUT2D eigenvalue weighted by atomic mass is 32.1. The number of primary amides is 1. The third-order valence-corrected chi connectivity index (χ3v) is 9.71. The van der Waals surface area contributed by atoms with E-state index < -0.39 is 24.2 Å². The Morgan fingerprint density at radius 3 is 2.60 bits per heavy atom. The van der Waals surface area contributed by atoms with E-state index >= 15 is 0 Å². The first-order chi connectivity index (χ1) is 22.5. The second kappa shape index (κ2) is 14.8. The van der Waals surface area contributed by atoms with Crippen LogP contribution in [0.2, 0.25) is 0 Å². The lowest BCUT2D eigenvalue weighted by atomic mass is 10.1. The lowest BCUT2D eigenvalue weighted by Gasteiger charge is -2.25. The van der Waals surface area contributed by atoms with Crippen molar-refractivity contribution >= 4 is 40.0 Å².